The van der Waals surface area contributed by atoms with Gasteiger partial charge in [0.1, 0.15) is 0 Å². The third-order valence-electron chi connectivity index (χ3n) is 1.76. The predicted molar refractivity (Wildman–Crippen MR) is 73.3 cm³/mol. The molecule has 0 aliphatic carbocycles. The van der Waals surface area contributed by atoms with Gasteiger partial charge in [0.25, 0.3) is 5.09 Å². The number of rotatable bonds is 8. The standard InChI is InChI=1S/C7H15N3O4.C4H4O4/c1-7(2,8)6(11)9-4-3-5-14-10(12)13;5-3(6)1-2-4(7)8/h3-5,8H2,1-2H3,(H,9,11);1-2H,(H,5,6)(H,7,8). The molecule has 0 spiro atoms. The fourth-order valence-electron chi connectivity index (χ4n) is 0.784. The molecular formula is C11H19N3O8. The molecule has 0 atom stereocenters. The summed E-state index contributed by atoms with van der Waals surface area (Å²) in [6, 6.07) is 0. The van der Waals surface area contributed by atoms with Crippen molar-refractivity contribution >= 4 is 17.8 Å². The van der Waals surface area contributed by atoms with Crippen LogP contribution in [0.25, 0.3) is 0 Å². The van der Waals surface area contributed by atoms with Crippen molar-refractivity contribution < 1.29 is 34.5 Å². The van der Waals surface area contributed by atoms with Gasteiger partial charge in [-0.15, -0.1) is 10.1 Å². The number of carbonyl (C=O) groups is 3. The van der Waals surface area contributed by atoms with Gasteiger partial charge < -0.3 is 26.1 Å². The van der Waals surface area contributed by atoms with E-state index >= 15 is 0 Å². The number of carboxylic acids is 2. The summed E-state index contributed by atoms with van der Waals surface area (Å²) in [4.78, 5) is 44.0. The van der Waals surface area contributed by atoms with Crippen molar-refractivity contribution in [3.63, 3.8) is 0 Å². The molecule has 0 saturated heterocycles. The molecule has 11 nitrogen and oxygen atoms in total. The van der Waals surface area contributed by atoms with Crippen molar-refractivity contribution in [3.05, 3.63) is 22.3 Å². The molecule has 11 heteroatoms. The fourth-order valence-corrected chi connectivity index (χ4v) is 0.784. The van der Waals surface area contributed by atoms with Crippen LogP contribution in [-0.2, 0) is 19.2 Å². The predicted octanol–water partition coefficient (Wildman–Crippen LogP) is -0.850. The Hall–Kier alpha value is -2.69. The van der Waals surface area contributed by atoms with Gasteiger partial charge in [0.05, 0.1) is 12.1 Å². The second-order valence-electron chi connectivity index (χ2n) is 4.40. The van der Waals surface area contributed by atoms with Gasteiger partial charge in [-0.2, -0.15) is 0 Å². The molecule has 0 fully saturated rings. The van der Waals surface area contributed by atoms with Gasteiger partial charge in [0.2, 0.25) is 5.91 Å². The van der Waals surface area contributed by atoms with Crippen LogP contribution in [0, 0.1) is 10.1 Å². The first kappa shape index (κ1) is 21.6. The first-order valence-electron chi connectivity index (χ1n) is 5.95. The highest BCUT2D eigenvalue weighted by Gasteiger charge is 2.20. The summed E-state index contributed by atoms with van der Waals surface area (Å²) in [6.45, 7) is 3.44. The van der Waals surface area contributed by atoms with Crippen molar-refractivity contribution in [2.24, 2.45) is 5.73 Å². The van der Waals surface area contributed by atoms with Crippen molar-refractivity contribution in [2.75, 3.05) is 13.2 Å². The molecule has 0 aromatic carbocycles. The maximum Gasteiger partial charge on any atom is 0.328 e. The van der Waals surface area contributed by atoms with Crippen LogP contribution >= 0.6 is 0 Å². The highest BCUT2D eigenvalue weighted by Crippen LogP contribution is 1.95. The van der Waals surface area contributed by atoms with E-state index in [9.17, 15) is 24.5 Å². The molecule has 0 aromatic rings. The summed E-state index contributed by atoms with van der Waals surface area (Å²) in [5, 5.41) is 27.0. The van der Waals surface area contributed by atoms with Crippen molar-refractivity contribution in [1.29, 1.82) is 0 Å². The zero-order valence-electron chi connectivity index (χ0n) is 12.1. The van der Waals surface area contributed by atoms with E-state index in [0.717, 1.165) is 0 Å². The van der Waals surface area contributed by atoms with Crippen LogP contribution in [-0.4, -0.2) is 51.8 Å². The second kappa shape index (κ2) is 11.0. The Morgan fingerprint density at radius 3 is 2.05 bits per heavy atom. The SMILES string of the molecule is CC(C)(N)C(=O)NCCCO[N+](=O)[O-].O=C(O)C=CC(=O)O. The number of carboxylic acid groups (broad SMARTS) is 2. The number of aliphatic carboxylic acids is 2. The largest absolute Gasteiger partial charge is 0.478 e. The normalized spacial score (nSPS) is 10.3. The maximum atomic E-state index is 11.2. The zero-order chi connectivity index (χ0) is 17.8. The summed E-state index contributed by atoms with van der Waals surface area (Å²) in [5.41, 5.74) is 4.56. The lowest BCUT2D eigenvalue weighted by molar-refractivity contribution is -0.757. The van der Waals surface area contributed by atoms with Gasteiger partial charge in [0, 0.05) is 18.7 Å². The third kappa shape index (κ3) is 17.3. The number of hydrogen-bond donors (Lipinski definition) is 4. The monoisotopic (exact) mass is 321 g/mol. The summed E-state index contributed by atoms with van der Waals surface area (Å²) < 4.78 is 0. The van der Waals surface area contributed by atoms with Crippen LogP contribution in [0.4, 0.5) is 0 Å². The van der Waals surface area contributed by atoms with E-state index in [1.165, 1.54) is 0 Å². The number of nitrogens with one attached hydrogen (secondary N) is 1. The van der Waals surface area contributed by atoms with Gasteiger partial charge in [0.15, 0.2) is 0 Å². The van der Waals surface area contributed by atoms with Crippen LogP contribution in [0.1, 0.15) is 20.3 Å². The topological polar surface area (TPSA) is 182 Å². The van der Waals surface area contributed by atoms with Crippen LogP contribution in [0.15, 0.2) is 12.2 Å². The lowest BCUT2D eigenvalue weighted by Crippen LogP contribution is -2.49. The highest BCUT2D eigenvalue weighted by molar-refractivity contribution is 5.89. The van der Waals surface area contributed by atoms with Crippen LogP contribution in [0.2, 0.25) is 0 Å². The average Bonchev–Trinajstić information content (AvgIpc) is 2.35. The number of amides is 1. The Bertz CT molecular complexity index is 412. The molecular weight excluding hydrogens is 302 g/mol. The Kier molecular flexibility index (Phi) is 10.8. The lowest BCUT2D eigenvalue weighted by Gasteiger charge is -2.17. The molecule has 0 radical (unpaired) electrons. The minimum absolute atomic E-state index is 0.0295. The molecule has 5 N–H and O–H groups in total. The van der Waals surface area contributed by atoms with E-state index in [-0.39, 0.29) is 12.5 Å². The molecule has 0 aromatic heterocycles. The Balaban J connectivity index is 0. The molecule has 1 amide bonds. The van der Waals surface area contributed by atoms with Crippen molar-refractivity contribution in [1.82, 2.24) is 5.32 Å². The van der Waals surface area contributed by atoms with Crippen LogP contribution in [0.5, 0.6) is 0 Å². The number of nitrogens with two attached hydrogens (primary N) is 1. The van der Waals surface area contributed by atoms with Crippen molar-refractivity contribution in [2.45, 2.75) is 25.8 Å². The highest BCUT2D eigenvalue weighted by atomic mass is 16.9. The quantitative estimate of drug-likeness (QED) is 0.191. The molecule has 0 heterocycles. The molecule has 0 aliphatic rings. The van der Waals surface area contributed by atoms with Crippen LogP contribution in [0.3, 0.4) is 0 Å². The average molecular weight is 321 g/mol. The number of carbonyl (C=O) groups excluding carboxylic acids is 1. The van der Waals surface area contributed by atoms with Gasteiger partial charge in [-0.05, 0) is 20.3 Å². The Labute approximate surface area is 125 Å². The molecule has 0 bridgehead atoms. The fraction of sp³-hybridized carbons (Fsp3) is 0.545. The van der Waals surface area contributed by atoms with Gasteiger partial charge in [-0.25, -0.2) is 9.59 Å². The first-order chi connectivity index (χ1) is 9.96. The van der Waals surface area contributed by atoms with E-state index in [1.54, 1.807) is 13.8 Å². The van der Waals surface area contributed by atoms with E-state index < -0.39 is 22.6 Å². The molecule has 22 heavy (non-hydrogen) atoms. The summed E-state index contributed by atoms with van der Waals surface area (Å²) >= 11 is 0. The van der Waals surface area contributed by atoms with Gasteiger partial charge in [-0.1, -0.05) is 0 Å². The minimum atomic E-state index is -1.26. The minimum Gasteiger partial charge on any atom is -0.478 e. The van der Waals surface area contributed by atoms with E-state index in [4.69, 9.17) is 15.9 Å². The Morgan fingerprint density at radius 1 is 1.27 bits per heavy atom. The summed E-state index contributed by atoms with van der Waals surface area (Å²) in [6.07, 6.45) is 1.49. The van der Waals surface area contributed by atoms with E-state index in [0.29, 0.717) is 25.1 Å². The second-order valence-corrected chi connectivity index (χ2v) is 4.40. The third-order valence-corrected chi connectivity index (χ3v) is 1.76. The molecule has 0 unspecified atom stereocenters. The maximum absolute atomic E-state index is 11.2. The summed E-state index contributed by atoms with van der Waals surface area (Å²) in [7, 11) is 0. The number of nitrogens with zero attached hydrogens (tertiary/aromatic N) is 1. The lowest BCUT2D eigenvalue weighted by atomic mass is 10.1. The van der Waals surface area contributed by atoms with E-state index in [2.05, 4.69) is 10.2 Å². The molecule has 0 saturated carbocycles. The van der Waals surface area contributed by atoms with Gasteiger partial charge >= 0.3 is 11.9 Å². The van der Waals surface area contributed by atoms with Crippen molar-refractivity contribution in [3.8, 4) is 0 Å². The zero-order valence-corrected chi connectivity index (χ0v) is 12.1. The van der Waals surface area contributed by atoms with Gasteiger partial charge in [-0.3, -0.25) is 4.79 Å². The van der Waals surface area contributed by atoms with E-state index in [1.807, 2.05) is 0 Å². The molecule has 0 aliphatic heterocycles. The molecule has 126 valence electrons. The Morgan fingerprint density at radius 2 is 1.73 bits per heavy atom. The molecule has 0 rings (SSSR count). The smallest absolute Gasteiger partial charge is 0.328 e. The first-order valence-corrected chi connectivity index (χ1v) is 5.95. The van der Waals surface area contributed by atoms with Crippen LogP contribution < -0.4 is 11.1 Å². The summed E-state index contributed by atoms with van der Waals surface area (Å²) in [5.74, 6) is -2.81. The number of hydrogen-bond acceptors (Lipinski definition) is 7.